The van der Waals surface area contributed by atoms with Crippen LogP contribution in [0.4, 0.5) is 10.2 Å². The maximum Gasteiger partial charge on any atom is 0.236 e. The molecule has 0 atom stereocenters. The highest BCUT2D eigenvalue weighted by atomic mass is 32.2. The number of carbonyl (C=O) groups is 1. The molecule has 0 aliphatic rings. The van der Waals surface area contributed by atoms with Gasteiger partial charge in [-0.25, -0.2) is 9.07 Å². The number of halogens is 1. The van der Waals surface area contributed by atoms with Crippen molar-refractivity contribution in [3.8, 4) is 17.1 Å². The molecule has 0 spiro atoms. The van der Waals surface area contributed by atoms with Crippen molar-refractivity contribution in [2.24, 2.45) is 0 Å². The quantitative estimate of drug-likeness (QED) is 0.292. The smallest absolute Gasteiger partial charge is 0.236 e. The standard InChI is InChI=1S/C27H23FN6OS/c1-19-16-24(34(32-19)21-12-6-3-7-13-21)29-25(35)18-36-27-31-30-26(22-14-8-9-15-23(22)28)33(27)17-20-10-4-2-5-11-20/h2-16H,17-18H2,1H3,(H,29,35). The van der Waals surface area contributed by atoms with E-state index in [0.717, 1.165) is 16.9 Å². The van der Waals surface area contributed by atoms with Crippen molar-refractivity contribution in [1.29, 1.82) is 0 Å². The largest absolute Gasteiger partial charge is 0.310 e. The number of rotatable bonds is 8. The van der Waals surface area contributed by atoms with Crippen molar-refractivity contribution in [3.05, 3.63) is 108 Å². The van der Waals surface area contributed by atoms with Gasteiger partial charge in [-0.15, -0.1) is 10.2 Å². The van der Waals surface area contributed by atoms with E-state index >= 15 is 0 Å². The van der Waals surface area contributed by atoms with Crippen molar-refractivity contribution in [2.45, 2.75) is 18.6 Å². The molecule has 0 fully saturated rings. The summed E-state index contributed by atoms with van der Waals surface area (Å²) in [6.07, 6.45) is 0. The summed E-state index contributed by atoms with van der Waals surface area (Å²) in [6, 6.07) is 27.7. The summed E-state index contributed by atoms with van der Waals surface area (Å²) in [5, 5.41) is 16.5. The fourth-order valence-electron chi connectivity index (χ4n) is 3.81. The minimum absolute atomic E-state index is 0.100. The number of nitrogens with zero attached hydrogens (tertiary/aromatic N) is 5. The summed E-state index contributed by atoms with van der Waals surface area (Å²) in [4.78, 5) is 12.9. The Morgan fingerprint density at radius 3 is 2.39 bits per heavy atom. The SMILES string of the molecule is Cc1cc(NC(=O)CSc2nnc(-c3ccccc3F)n2Cc2ccccc2)n(-c2ccccc2)n1. The number of amides is 1. The maximum atomic E-state index is 14.6. The third-order valence-electron chi connectivity index (χ3n) is 5.45. The predicted molar refractivity (Wildman–Crippen MR) is 139 cm³/mol. The number of nitrogens with one attached hydrogen (secondary N) is 1. The van der Waals surface area contributed by atoms with Crippen molar-refractivity contribution in [2.75, 3.05) is 11.1 Å². The van der Waals surface area contributed by atoms with Crippen LogP contribution in [0.1, 0.15) is 11.3 Å². The average Bonchev–Trinajstić information content (AvgIpc) is 3.46. The molecule has 0 unspecified atom stereocenters. The molecule has 1 N–H and O–H groups in total. The zero-order chi connectivity index (χ0) is 24.9. The first-order valence-corrected chi connectivity index (χ1v) is 12.3. The second-order valence-electron chi connectivity index (χ2n) is 8.11. The van der Waals surface area contributed by atoms with Crippen LogP contribution < -0.4 is 5.32 Å². The van der Waals surface area contributed by atoms with E-state index in [4.69, 9.17) is 0 Å². The van der Waals surface area contributed by atoms with Gasteiger partial charge in [-0.05, 0) is 36.8 Å². The molecule has 0 bridgehead atoms. The lowest BCUT2D eigenvalue weighted by Gasteiger charge is -2.11. The molecule has 0 saturated heterocycles. The number of aryl methyl sites for hydroxylation is 1. The van der Waals surface area contributed by atoms with Crippen LogP contribution in [0.3, 0.4) is 0 Å². The van der Waals surface area contributed by atoms with E-state index < -0.39 is 0 Å². The van der Waals surface area contributed by atoms with E-state index in [1.807, 2.05) is 78.2 Å². The van der Waals surface area contributed by atoms with Gasteiger partial charge in [-0.1, -0.05) is 72.4 Å². The molecular formula is C27H23FN6OS. The van der Waals surface area contributed by atoms with Crippen LogP contribution in [0.25, 0.3) is 17.1 Å². The van der Waals surface area contributed by atoms with Crippen molar-refractivity contribution >= 4 is 23.5 Å². The summed E-state index contributed by atoms with van der Waals surface area (Å²) in [7, 11) is 0. The number of hydrogen-bond donors (Lipinski definition) is 1. The first-order chi connectivity index (χ1) is 17.6. The van der Waals surface area contributed by atoms with E-state index in [9.17, 15) is 9.18 Å². The fraction of sp³-hybridized carbons (Fsp3) is 0.111. The van der Waals surface area contributed by atoms with Crippen LogP contribution in [0.5, 0.6) is 0 Å². The summed E-state index contributed by atoms with van der Waals surface area (Å²) in [5.74, 6) is 0.514. The third-order valence-corrected chi connectivity index (χ3v) is 6.41. The molecule has 180 valence electrons. The van der Waals surface area contributed by atoms with Crippen molar-refractivity contribution in [3.63, 3.8) is 0 Å². The Labute approximate surface area is 212 Å². The van der Waals surface area contributed by atoms with Crippen LogP contribution >= 0.6 is 11.8 Å². The Hall–Kier alpha value is -4.24. The lowest BCUT2D eigenvalue weighted by Crippen LogP contribution is -2.17. The molecule has 0 radical (unpaired) electrons. The summed E-state index contributed by atoms with van der Waals surface area (Å²) in [5.41, 5.74) is 3.02. The van der Waals surface area contributed by atoms with Gasteiger partial charge < -0.3 is 5.32 Å². The normalized spacial score (nSPS) is 10.9. The molecule has 0 aliphatic carbocycles. The van der Waals surface area contributed by atoms with E-state index in [1.54, 1.807) is 22.9 Å². The molecule has 0 aliphatic heterocycles. The Morgan fingerprint density at radius 2 is 1.64 bits per heavy atom. The fourth-order valence-corrected chi connectivity index (χ4v) is 4.55. The Balaban J connectivity index is 1.37. The Bertz CT molecular complexity index is 1480. The van der Waals surface area contributed by atoms with Gasteiger partial charge >= 0.3 is 0 Å². The minimum atomic E-state index is -0.377. The van der Waals surface area contributed by atoms with E-state index in [0.29, 0.717) is 28.9 Å². The van der Waals surface area contributed by atoms with Crippen LogP contribution in [0.15, 0.2) is 96.2 Å². The monoisotopic (exact) mass is 498 g/mol. The van der Waals surface area contributed by atoms with Crippen LogP contribution in [-0.2, 0) is 11.3 Å². The van der Waals surface area contributed by atoms with Crippen LogP contribution in [0.2, 0.25) is 0 Å². The van der Waals surface area contributed by atoms with Crippen molar-refractivity contribution in [1.82, 2.24) is 24.5 Å². The van der Waals surface area contributed by atoms with Crippen molar-refractivity contribution < 1.29 is 9.18 Å². The average molecular weight is 499 g/mol. The van der Waals surface area contributed by atoms with Gasteiger partial charge in [0.25, 0.3) is 0 Å². The first-order valence-electron chi connectivity index (χ1n) is 11.4. The van der Waals surface area contributed by atoms with Gasteiger partial charge in [0.15, 0.2) is 11.0 Å². The molecular weight excluding hydrogens is 475 g/mol. The Morgan fingerprint density at radius 1 is 0.944 bits per heavy atom. The summed E-state index contributed by atoms with van der Waals surface area (Å²) >= 11 is 1.25. The van der Waals surface area contributed by atoms with Crippen LogP contribution in [0, 0.1) is 12.7 Å². The second kappa shape index (κ2) is 10.6. The summed E-state index contributed by atoms with van der Waals surface area (Å²) < 4.78 is 18.1. The number of aromatic nitrogens is 5. The molecule has 1 amide bonds. The van der Waals surface area contributed by atoms with Gasteiger partial charge in [0.2, 0.25) is 5.91 Å². The van der Waals surface area contributed by atoms with E-state index in [1.165, 1.54) is 17.8 Å². The highest BCUT2D eigenvalue weighted by Gasteiger charge is 2.19. The lowest BCUT2D eigenvalue weighted by atomic mass is 10.2. The van der Waals surface area contributed by atoms with E-state index in [2.05, 4.69) is 20.6 Å². The molecule has 5 rings (SSSR count). The molecule has 9 heteroatoms. The van der Waals surface area contributed by atoms with Crippen LogP contribution in [-0.4, -0.2) is 36.2 Å². The number of hydrogen-bond acceptors (Lipinski definition) is 5. The maximum absolute atomic E-state index is 14.6. The molecule has 0 saturated carbocycles. The van der Waals surface area contributed by atoms with Gasteiger partial charge in [-0.2, -0.15) is 5.10 Å². The highest BCUT2D eigenvalue weighted by Crippen LogP contribution is 2.27. The zero-order valence-electron chi connectivity index (χ0n) is 19.5. The Kier molecular flexibility index (Phi) is 6.90. The number of carbonyl (C=O) groups excluding carboxylic acids is 1. The predicted octanol–water partition coefficient (Wildman–Crippen LogP) is 5.36. The molecule has 36 heavy (non-hydrogen) atoms. The number of para-hydroxylation sites is 1. The van der Waals surface area contributed by atoms with Gasteiger partial charge in [-0.3, -0.25) is 9.36 Å². The molecule has 5 aromatic rings. The number of thioether (sulfide) groups is 1. The second-order valence-corrected chi connectivity index (χ2v) is 9.06. The molecule has 3 aromatic carbocycles. The number of benzene rings is 3. The summed E-state index contributed by atoms with van der Waals surface area (Å²) in [6.45, 7) is 2.32. The third kappa shape index (κ3) is 5.21. The first kappa shape index (κ1) is 23.5. The highest BCUT2D eigenvalue weighted by molar-refractivity contribution is 7.99. The minimum Gasteiger partial charge on any atom is -0.310 e. The van der Waals surface area contributed by atoms with E-state index in [-0.39, 0.29) is 17.5 Å². The van der Waals surface area contributed by atoms with Gasteiger partial charge in [0, 0.05) is 6.07 Å². The van der Waals surface area contributed by atoms with Gasteiger partial charge in [0.1, 0.15) is 11.6 Å². The lowest BCUT2D eigenvalue weighted by molar-refractivity contribution is -0.113. The molecule has 7 nitrogen and oxygen atoms in total. The zero-order valence-corrected chi connectivity index (χ0v) is 20.3. The van der Waals surface area contributed by atoms with Gasteiger partial charge in [0.05, 0.1) is 29.2 Å². The molecule has 2 aromatic heterocycles. The molecule has 2 heterocycles. The topological polar surface area (TPSA) is 77.6 Å². The number of anilines is 1.